The number of aryl methyl sites for hydroxylation is 1. The summed E-state index contributed by atoms with van der Waals surface area (Å²) in [6, 6.07) is 27.3. The Morgan fingerprint density at radius 3 is 1.69 bits per heavy atom. The summed E-state index contributed by atoms with van der Waals surface area (Å²) in [4.78, 5) is 56.6. The number of rotatable bonds is 16. The van der Waals surface area contributed by atoms with Gasteiger partial charge in [-0.25, -0.2) is 4.98 Å². The van der Waals surface area contributed by atoms with Crippen LogP contribution in [0.25, 0.3) is 11.0 Å². The monoisotopic (exact) mass is 870 g/mol. The van der Waals surface area contributed by atoms with Gasteiger partial charge in [0.2, 0.25) is 5.91 Å². The van der Waals surface area contributed by atoms with Crippen LogP contribution in [0.2, 0.25) is 0 Å². The number of fused-ring (bicyclic) bond motifs is 1. The summed E-state index contributed by atoms with van der Waals surface area (Å²) >= 11 is 0. The van der Waals surface area contributed by atoms with Crippen LogP contribution in [-0.4, -0.2) is 75.1 Å². The van der Waals surface area contributed by atoms with Gasteiger partial charge >= 0.3 is 0 Å². The summed E-state index contributed by atoms with van der Waals surface area (Å²) in [6.45, 7) is 12.9. The molecule has 0 fully saturated rings. The van der Waals surface area contributed by atoms with Crippen LogP contribution in [0.5, 0.6) is 23.0 Å². The van der Waals surface area contributed by atoms with E-state index in [4.69, 9.17) is 18.9 Å². The molecule has 6 rings (SSSR count). The fraction of sp³-hybridized carbons (Fsp3) is 0.300. The van der Waals surface area contributed by atoms with Crippen molar-refractivity contribution < 1.29 is 38.1 Å². The first kappa shape index (κ1) is 47.7. The van der Waals surface area contributed by atoms with Crippen molar-refractivity contribution in [3.8, 4) is 23.0 Å². The standard InChI is InChI=1S/C27H28N4O4.C23H30N2O4/c1-27(2,16-30-25(32)19-13-17-11-12-28-24(17)29-15-19)20-6-8-21(9-7-20)31-26(33)18-5-10-22(34-3)23(14-18)35-4;1-7-16-12-18(9-10-19(16)23(3,4)14-24-15(2)26)25-22(27)17-8-11-20(28-5)21(13-17)29-6/h5-15H,16H2,1-4H3,(H,28,29)(H,30,32)(H,31,33);8-13H,7,14H2,1-6H3,(H,24,26)(H,25,27). The molecule has 0 aliphatic heterocycles. The summed E-state index contributed by atoms with van der Waals surface area (Å²) in [5, 5.41) is 12.6. The number of nitrogens with zero attached hydrogens (tertiary/aromatic N) is 1. The third-order valence-electron chi connectivity index (χ3n) is 10.8. The maximum absolute atomic E-state index is 12.7. The Kier molecular flexibility index (Phi) is 15.8. The normalized spacial score (nSPS) is 11.1. The fourth-order valence-corrected chi connectivity index (χ4v) is 7.00. The molecule has 14 heteroatoms. The summed E-state index contributed by atoms with van der Waals surface area (Å²) in [7, 11) is 6.17. The Bertz CT molecular complexity index is 2600. The second-order valence-electron chi connectivity index (χ2n) is 16.4. The van der Waals surface area contributed by atoms with Crippen molar-refractivity contribution in [1.82, 2.24) is 20.6 Å². The number of benzene rings is 4. The number of nitrogens with one attached hydrogen (secondary N) is 5. The van der Waals surface area contributed by atoms with Crippen LogP contribution in [0.1, 0.15) is 89.3 Å². The van der Waals surface area contributed by atoms with Crippen molar-refractivity contribution in [2.45, 2.75) is 58.8 Å². The number of methoxy groups -OCH3 is 4. The number of anilines is 2. The highest BCUT2D eigenvalue weighted by atomic mass is 16.5. The first-order valence-corrected chi connectivity index (χ1v) is 20.8. The molecule has 5 N–H and O–H groups in total. The highest BCUT2D eigenvalue weighted by Gasteiger charge is 2.25. The molecule has 2 heterocycles. The maximum Gasteiger partial charge on any atom is 0.255 e. The van der Waals surface area contributed by atoms with E-state index in [1.165, 1.54) is 21.1 Å². The average molecular weight is 871 g/mol. The van der Waals surface area contributed by atoms with E-state index in [-0.39, 0.29) is 34.5 Å². The summed E-state index contributed by atoms with van der Waals surface area (Å²) < 4.78 is 21.0. The maximum atomic E-state index is 12.7. The SMILES string of the molecule is CCc1cc(NC(=O)c2ccc(OC)c(OC)c2)ccc1C(C)(C)CNC(C)=O.COc1ccc(C(=O)Nc2ccc(C(C)(C)CNC(=O)c3cnc4[nH]ccc4c3)cc2)cc1OC. The van der Waals surface area contributed by atoms with Crippen LogP contribution in [-0.2, 0) is 22.0 Å². The van der Waals surface area contributed by atoms with Crippen LogP contribution in [0.3, 0.4) is 0 Å². The predicted molar refractivity (Wildman–Crippen MR) is 250 cm³/mol. The molecule has 0 atom stereocenters. The molecule has 0 bridgehead atoms. The van der Waals surface area contributed by atoms with Gasteiger partial charge in [-0.1, -0.05) is 52.8 Å². The van der Waals surface area contributed by atoms with Crippen LogP contribution in [0.15, 0.2) is 103 Å². The summed E-state index contributed by atoms with van der Waals surface area (Å²) in [5.74, 6) is 1.43. The molecule has 4 amide bonds. The number of pyridine rings is 1. The highest BCUT2D eigenvalue weighted by molar-refractivity contribution is 6.05. The molecule has 0 spiro atoms. The smallest absolute Gasteiger partial charge is 0.255 e. The fourth-order valence-electron chi connectivity index (χ4n) is 7.00. The molecule has 0 saturated heterocycles. The Morgan fingerprint density at radius 1 is 0.594 bits per heavy atom. The molecule has 0 saturated carbocycles. The van der Waals surface area contributed by atoms with Gasteiger partial charge in [-0.05, 0) is 95.9 Å². The van der Waals surface area contributed by atoms with Crippen molar-refractivity contribution in [2.75, 3.05) is 52.2 Å². The summed E-state index contributed by atoms with van der Waals surface area (Å²) in [5.41, 5.74) is 6.36. The molecule has 0 unspecified atom stereocenters. The Hall–Kier alpha value is -7.35. The van der Waals surface area contributed by atoms with Crippen LogP contribution >= 0.6 is 0 Å². The Morgan fingerprint density at radius 2 is 1.14 bits per heavy atom. The van der Waals surface area contributed by atoms with Gasteiger partial charge in [0.15, 0.2) is 23.0 Å². The van der Waals surface area contributed by atoms with Crippen molar-refractivity contribution in [3.63, 3.8) is 0 Å². The second-order valence-corrected chi connectivity index (χ2v) is 16.4. The van der Waals surface area contributed by atoms with Gasteiger partial charge in [-0.2, -0.15) is 0 Å². The number of aromatic nitrogens is 2. The van der Waals surface area contributed by atoms with Crippen molar-refractivity contribution in [3.05, 3.63) is 137 Å². The molecule has 336 valence electrons. The number of ether oxygens (including phenoxy) is 4. The van der Waals surface area contributed by atoms with E-state index in [1.54, 1.807) is 63.0 Å². The number of hydrogen-bond acceptors (Lipinski definition) is 9. The van der Waals surface area contributed by atoms with Crippen LogP contribution in [0, 0.1) is 0 Å². The molecule has 0 radical (unpaired) electrons. The van der Waals surface area contributed by atoms with Crippen LogP contribution < -0.4 is 40.2 Å². The van der Waals surface area contributed by atoms with Gasteiger partial charge in [-0.15, -0.1) is 0 Å². The van der Waals surface area contributed by atoms with Crippen LogP contribution in [0.4, 0.5) is 11.4 Å². The molecule has 0 aliphatic rings. The number of carbonyl (C=O) groups is 4. The lowest BCUT2D eigenvalue weighted by atomic mass is 9.80. The zero-order valence-corrected chi connectivity index (χ0v) is 38.1. The van der Waals surface area contributed by atoms with Crippen molar-refractivity contribution >= 4 is 46.0 Å². The zero-order valence-electron chi connectivity index (χ0n) is 38.1. The molecule has 6 aromatic rings. The van der Waals surface area contributed by atoms with E-state index in [1.807, 2.05) is 54.6 Å². The van der Waals surface area contributed by atoms with Gasteiger partial charge in [-0.3, -0.25) is 19.2 Å². The predicted octanol–water partition coefficient (Wildman–Crippen LogP) is 8.47. The van der Waals surface area contributed by atoms with E-state index in [2.05, 4.69) is 65.9 Å². The van der Waals surface area contributed by atoms with E-state index in [0.717, 1.165) is 39.8 Å². The molecule has 14 nitrogen and oxygen atoms in total. The molecular weight excluding hydrogens is 813 g/mol. The number of H-pyrrole nitrogens is 1. The zero-order chi connectivity index (χ0) is 46.6. The molecule has 64 heavy (non-hydrogen) atoms. The lowest BCUT2D eigenvalue weighted by Crippen LogP contribution is -2.36. The lowest BCUT2D eigenvalue weighted by Gasteiger charge is -2.28. The van der Waals surface area contributed by atoms with Gasteiger partial charge in [0, 0.05) is 71.1 Å². The molecule has 0 aliphatic carbocycles. The number of aromatic amines is 1. The number of amides is 4. The molecule has 2 aromatic heterocycles. The van der Waals surface area contributed by atoms with Crippen molar-refractivity contribution in [1.29, 1.82) is 0 Å². The van der Waals surface area contributed by atoms with Gasteiger partial charge in [0.25, 0.3) is 17.7 Å². The Balaban J connectivity index is 0.000000246. The topological polar surface area (TPSA) is 182 Å². The van der Waals surface area contributed by atoms with Gasteiger partial charge in [0.1, 0.15) is 5.65 Å². The molecule has 4 aromatic carbocycles. The second kappa shape index (κ2) is 21.1. The third-order valence-corrected chi connectivity index (χ3v) is 10.8. The minimum absolute atomic E-state index is 0.0464. The van der Waals surface area contributed by atoms with Crippen molar-refractivity contribution in [2.24, 2.45) is 0 Å². The molecular formula is C50H58N6O8. The first-order valence-electron chi connectivity index (χ1n) is 20.8. The van der Waals surface area contributed by atoms with E-state index in [9.17, 15) is 19.2 Å². The van der Waals surface area contributed by atoms with E-state index < -0.39 is 0 Å². The minimum Gasteiger partial charge on any atom is -0.493 e. The largest absolute Gasteiger partial charge is 0.493 e. The quantitative estimate of drug-likeness (QED) is 0.0637. The third kappa shape index (κ3) is 12.0. The lowest BCUT2D eigenvalue weighted by molar-refractivity contribution is -0.119. The minimum atomic E-state index is -0.326. The number of carbonyl (C=O) groups excluding carboxylic acids is 4. The first-order chi connectivity index (χ1) is 30.5. The number of hydrogen-bond donors (Lipinski definition) is 5. The van der Waals surface area contributed by atoms with E-state index in [0.29, 0.717) is 58.5 Å². The average Bonchev–Trinajstić information content (AvgIpc) is 3.78. The summed E-state index contributed by atoms with van der Waals surface area (Å²) in [6.07, 6.45) is 4.18. The van der Waals surface area contributed by atoms with Gasteiger partial charge < -0.3 is 45.2 Å². The highest BCUT2D eigenvalue weighted by Crippen LogP contribution is 2.32. The van der Waals surface area contributed by atoms with Gasteiger partial charge in [0.05, 0.1) is 34.0 Å². The van der Waals surface area contributed by atoms with E-state index >= 15 is 0 Å². The Labute approximate surface area is 374 Å².